The Morgan fingerprint density at radius 2 is 2.18 bits per heavy atom. The molecule has 3 heterocycles. The maximum atomic E-state index is 9.64. The highest BCUT2D eigenvalue weighted by Crippen LogP contribution is 2.52. The summed E-state index contributed by atoms with van der Waals surface area (Å²) < 4.78 is 5.88. The van der Waals surface area contributed by atoms with Crippen LogP contribution in [0.15, 0.2) is 18.2 Å². The summed E-state index contributed by atoms with van der Waals surface area (Å²) in [7, 11) is 1.96. The van der Waals surface area contributed by atoms with Crippen molar-refractivity contribution in [3.8, 4) is 6.07 Å². The first-order chi connectivity index (χ1) is 10.4. The van der Waals surface area contributed by atoms with E-state index in [0.717, 1.165) is 24.2 Å². The molecule has 1 aromatic rings. The average Bonchev–Trinajstić information content (AvgIpc) is 3.08. The van der Waals surface area contributed by atoms with Gasteiger partial charge >= 0.3 is 0 Å². The Kier molecular flexibility index (Phi) is 2.69. The summed E-state index contributed by atoms with van der Waals surface area (Å²) in [6, 6.07) is 8.48. The molecule has 0 amide bonds. The second-order valence-electron chi connectivity index (χ2n) is 7.25. The molecule has 4 rings (SSSR count). The van der Waals surface area contributed by atoms with Crippen molar-refractivity contribution in [2.24, 2.45) is 5.73 Å². The van der Waals surface area contributed by atoms with E-state index in [4.69, 9.17) is 10.5 Å². The lowest BCUT2D eigenvalue weighted by atomic mass is 9.81. The highest BCUT2D eigenvalue weighted by Gasteiger charge is 2.57. The number of anilines is 1. The van der Waals surface area contributed by atoms with Crippen LogP contribution in [-0.4, -0.2) is 31.3 Å². The number of ether oxygens (including phenoxy) is 1. The summed E-state index contributed by atoms with van der Waals surface area (Å²) >= 11 is 0. The maximum Gasteiger partial charge on any atom is 0.139 e. The van der Waals surface area contributed by atoms with Crippen molar-refractivity contribution >= 4 is 5.69 Å². The van der Waals surface area contributed by atoms with Crippen LogP contribution in [-0.2, 0) is 10.3 Å². The van der Waals surface area contributed by atoms with E-state index < -0.39 is 5.54 Å². The van der Waals surface area contributed by atoms with Gasteiger partial charge in [0.25, 0.3) is 0 Å². The Bertz CT molecular complexity index is 680. The van der Waals surface area contributed by atoms with Crippen LogP contribution < -0.4 is 16.0 Å². The quantitative estimate of drug-likeness (QED) is 0.766. The second kappa shape index (κ2) is 4.23. The molecular formula is C17H22N4O. The van der Waals surface area contributed by atoms with Gasteiger partial charge in [-0.05, 0) is 38.4 Å². The predicted octanol–water partition coefficient (Wildman–Crippen LogP) is 1.39. The van der Waals surface area contributed by atoms with Crippen LogP contribution in [0.1, 0.15) is 37.4 Å². The van der Waals surface area contributed by atoms with Crippen LogP contribution in [0.4, 0.5) is 5.69 Å². The number of nitrogens with one attached hydrogen (secondary N) is 1. The number of nitriles is 1. The maximum absolute atomic E-state index is 9.64. The van der Waals surface area contributed by atoms with Crippen LogP contribution in [0, 0.1) is 11.3 Å². The minimum atomic E-state index is -0.615. The van der Waals surface area contributed by atoms with Gasteiger partial charge in [-0.15, -0.1) is 0 Å². The average molecular weight is 298 g/mol. The Balaban J connectivity index is 1.89. The zero-order valence-electron chi connectivity index (χ0n) is 13.3. The molecule has 0 spiro atoms. The Morgan fingerprint density at radius 3 is 2.82 bits per heavy atom. The van der Waals surface area contributed by atoms with E-state index >= 15 is 0 Å². The first kappa shape index (κ1) is 14.0. The van der Waals surface area contributed by atoms with Crippen molar-refractivity contribution < 1.29 is 4.74 Å². The van der Waals surface area contributed by atoms with Crippen molar-refractivity contribution in [1.82, 2.24) is 5.32 Å². The zero-order chi connectivity index (χ0) is 15.7. The first-order valence-electron chi connectivity index (χ1n) is 7.86. The number of nitrogens with zero attached hydrogens (tertiary/aromatic N) is 2. The molecule has 1 fully saturated rings. The Morgan fingerprint density at radius 1 is 1.45 bits per heavy atom. The van der Waals surface area contributed by atoms with E-state index in [0.29, 0.717) is 0 Å². The predicted molar refractivity (Wildman–Crippen MR) is 84.4 cm³/mol. The van der Waals surface area contributed by atoms with E-state index in [1.807, 2.05) is 11.9 Å². The summed E-state index contributed by atoms with van der Waals surface area (Å²) in [4.78, 5) is 2.03. The fraction of sp³-hybridized carbons (Fsp3) is 0.588. The molecule has 1 unspecified atom stereocenters. The van der Waals surface area contributed by atoms with Gasteiger partial charge in [0.2, 0.25) is 0 Å². The van der Waals surface area contributed by atoms with Gasteiger partial charge in [0.05, 0.1) is 23.3 Å². The highest BCUT2D eigenvalue weighted by atomic mass is 16.6. The number of benzene rings is 1. The van der Waals surface area contributed by atoms with Crippen LogP contribution in [0.2, 0.25) is 0 Å². The van der Waals surface area contributed by atoms with Gasteiger partial charge in [-0.2, -0.15) is 5.26 Å². The SMILES string of the molecule is CN1c2cccc3c2[C@@](N)(CCN[C@@H]3C2OC2(C)C)[C@H]1C#N. The van der Waals surface area contributed by atoms with Crippen LogP contribution >= 0.6 is 0 Å². The summed E-state index contributed by atoms with van der Waals surface area (Å²) in [6.07, 6.45) is 0.913. The molecule has 4 atom stereocenters. The molecule has 0 aliphatic carbocycles. The summed E-state index contributed by atoms with van der Waals surface area (Å²) in [5, 5.41) is 13.2. The van der Waals surface area contributed by atoms with E-state index in [9.17, 15) is 5.26 Å². The van der Waals surface area contributed by atoms with Gasteiger partial charge < -0.3 is 20.7 Å². The molecule has 0 saturated carbocycles. The molecule has 116 valence electrons. The molecule has 3 N–H and O–H groups in total. The molecule has 5 nitrogen and oxygen atoms in total. The zero-order valence-corrected chi connectivity index (χ0v) is 13.3. The molecule has 22 heavy (non-hydrogen) atoms. The van der Waals surface area contributed by atoms with Gasteiger partial charge in [-0.1, -0.05) is 12.1 Å². The monoisotopic (exact) mass is 298 g/mol. The largest absolute Gasteiger partial charge is 0.365 e. The number of likely N-dealkylation sites (N-methyl/N-ethyl adjacent to an activating group) is 1. The molecule has 1 aromatic carbocycles. The van der Waals surface area contributed by atoms with Gasteiger partial charge in [0.1, 0.15) is 12.1 Å². The Hall–Kier alpha value is -1.61. The third kappa shape index (κ3) is 1.63. The van der Waals surface area contributed by atoms with Gasteiger partial charge in [-0.25, -0.2) is 0 Å². The molecular weight excluding hydrogens is 276 g/mol. The summed E-state index contributed by atoms with van der Waals surface area (Å²) in [5.41, 5.74) is 9.47. The van der Waals surface area contributed by atoms with Crippen molar-refractivity contribution in [2.75, 3.05) is 18.5 Å². The van der Waals surface area contributed by atoms with Crippen molar-refractivity contribution in [1.29, 1.82) is 5.26 Å². The number of nitrogens with two attached hydrogens (primary N) is 1. The van der Waals surface area contributed by atoms with E-state index in [1.165, 1.54) is 5.56 Å². The second-order valence-corrected chi connectivity index (χ2v) is 7.25. The molecule has 0 aromatic heterocycles. The fourth-order valence-electron chi connectivity index (χ4n) is 4.28. The number of epoxide rings is 1. The number of hydrogen-bond acceptors (Lipinski definition) is 5. The standard InChI is InChI=1S/C17H22N4O/c1-16(2)15(22-16)14-10-5-4-6-11-13(10)17(19,7-8-20-14)12(9-18)21(11)3/h4-6,12,14-15,20H,7-8,19H2,1-3H3/t12-,14+,15?,17-/m1/s1. The van der Waals surface area contributed by atoms with E-state index in [1.54, 1.807) is 0 Å². The van der Waals surface area contributed by atoms with E-state index in [-0.39, 0.29) is 23.8 Å². The number of rotatable bonds is 1. The molecule has 1 saturated heterocycles. The van der Waals surface area contributed by atoms with Gasteiger partial charge in [0.15, 0.2) is 0 Å². The minimum absolute atomic E-state index is 0.0961. The normalized spacial score (nSPS) is 38.1. The first-order valence-corrected chi connectivity index (χ1v) is 7.86. The van der Waals surface area contributed by atoms with Crippen LogP contribution in [0.5, 0.6) is 0 Å². The van der Waals surface area contributed by atoms with Crippen molar-refractivity contribution in [3.63, 3.8) is 0 Å². The van der Waals surface area contributed by atoms with Gasteiger partial charge in [0, 0.05) is 18.3 Å². The molecule has 3 aliphatic heterocycles. The van der Waals surface area contributed by atoms with Crippen molar-refractivity contribution in [3.05, 3.63) is 29.3 Å². The topological polar surface area (TPSA) is 77.6 Å². The molecule has 0 bridgehead atoms. The lowest BCUT2D eigenvalue weighted by molar-refractivity contribution is 0.300. The molecule has 5 heteroatoms. The minimum Gasteiger partial charge on any atom is -0.365 e. The summed E-state index contributed by atoms with van der Waals surface area (Å²) in [6.45, 7) is 5.03. The smallest absolute Gasteiger partial charge is 0.139 e. The Labute approximate surface area is 131 Å². The highest BCUT2D eigenvalue weighted by molar-refractivity contribution is 5.69. The third-order valence-corrected chi connectivity index (χ3v) is 5.52. The molecule has 0 radical (unpaired) electrons. The molecule has 3 aliphatic rings. The van der Waals surface area contributed by atoms with Gasteiger partial charge in [-0.3, -0.25) is 0 Å². The lowest BCUT2D eigenvalue weighted by Crippen LogP contribution is -2.50. The van der Waals surface area contributed by atoms with Crippen molar-refractivity contribution in [2.45, 2.75) is 49.6 Å². The third-order valence-electron chi connectivity index (χ3n) is 5.52. The lowest BCUT2D eigenvalue weighted by Gasteiger charge is -2.29. The van der Waals surface area contributed by atoms with E-state index in [2.05, 4.69) is 43.4 Å². The fourth-order valence-corrected chi connectivity index (χ4v) is 4.28. The van der Waals surface area contributed by atoms with Crippen LogP contribution in [0.3, 0.4) is 0 Å². The van der Waals surface area contributed by atoms with Crippen LogP contribution in [0.25, 0.3) is 0 Å². The summed E-state index contributed by atoms with van der Waals surface area (Å²) in [5.74, 6) is 0. The number of hydrogen-bond donors (Lipinski definition) is 2.